The maximum atomic E-state index is 14.1. The van der Waals surface area contributed by atoms with Crippen LogP contribution in [0.1, 0.15) is 38.3 Å². The molecule has 0 unspecified atom stereocenters. The molecule has 0 fully saturated rings. The summed E-state index contributed by atoms with van der Waals surface area (Å²) in [6, 6.07) is 17.3. The molecule has 0 saturated heterocycles. The molecule has 2 aliphatic heterocycles. The maximum absolute atomic E-state index is 14.1. The van der Waals surface area contributed by atoms with Gasteiger partial charge in [0.2, 0.25) is 5.95 Å². The first-order chi connectivity index (χ1) is 20.6. The number of aliphatic imine (C=N–C) groups is 1. The second kappa shape index (κ2) is 10.6. The number of halogens is 2. The van der Waals surface area contributed by atoms with Crippen molar-refractivity contribution in [1.82, 2.24) is 19.8 Å². The van der Waals surface area contributed by atoms with E-state index in [0.29, 0.717) is 33.5 Å². The van der Waals surface area contributed by atoms with E-state index in [2.05, 4.69) is 20.3 Å². The van der Waals surface area contributed by atoms with Crippen molar-refractivity contribution in [3.8, 4) is 0 Å². The molecule has 0 aliphatic carbocycles. The van der Waals surface area contributed by atoms with Crippen molar-refractivity contribution in [2.45, 2.75) is 25.2 Å². The lowest BCUT2D eigenvalue weighted by molar-refractivity contribution is -0.130. The minimum absolute atomic E-state index is 0.0185. The molecule has 43 heavy (non-hydrogen) atoms. The first kappa shape index (κ1) is 27.4. The Labute approximate surface area is 243 Å². The number of carbonyl (C=O) groups is 3. The highest BCUT2D eigenvalue weighted by Crippen LogP contribution is 2.40. The molecule has 4 aromatic rings. The van der Waals surface area contributed by atoms with Crippen molar-refractivity contribution in [1.29, 1.82) is 0 Å². The number of anilines is 1. The van der Waals surface area contributed by atoms with Gasteiger partial charge in [0, 0.05) is 23.9 Å². The number of nitrogens with one attached hydrogen (secondary N) is 1. The maximum Gasteiger partial charge on any atom is 0.411 e. The van der Waals surface area contributed by atoms with E-state index in [1.54, 1.807) is 29.2 Å². The Balaban J connectivity index is 1.25. The SMILES string of the molecule is NC1=NC(c2ccc(F)cc2)(c2ccc(F)cc2)C(=O)N1Cc1cccc(C(=O)N2Cc3cnc(NC(=O)O)nc3C2)c1. The molecule has 13 heteroatoms. The van der Waals surface area contributed by atoms with Crippen molar-refractivity contribution in [3.63, 3.8) is 0 Å². The second-order valence-electron chi connectivity index (χ2n) is 10.0. The van der Waals surface area contributed by atoms with Crippen molar-refractivity contribution in [2.75, 3.05) is 5.32 Å². The molecular formula is C30H23F2N7O4. The fourth-order valence-corrected chi connectivity index (χ4v) is 5.28. The van der Waals surface area contributed by atoms with Gasteiger partial charge in [-0.05, 0) is 53.1 Å². The summed E-state index contributed by atoms with van der Waals surface area (Å²) in [5.74, 6) is -1.97. The summed E-state index contributed by atoms with van der Waals surface area (Å²) in [6.45, 7) is 0.389. The van der Waals surface area contributed by atoms with E-state index in [9.17, 15) is 23.2 Å². The molecule has 3 aromatic carbocycles. The third-order valence-corrected chi connectivity index (χ3v) is 7.31. The largest absolute Gasteiger partial charge is 0.465 e. The first-order valence-corrected chi connectivity index (χ1v) is 13.1. The minimum atomic E-state index is -1.66. The Hall–Kier alpha value is -5.72. The van der Waals surface area contributed by atoms with Crippen molar-refractivity contribution < 1.29 is 28.3 Å². The molecule has 6 rings (SSSR count). The van der Waals surface area contributed by atoms with Gasteiger partial charge in [-0.25, -0.2) is 28.5 Å². The monoisotopic (exact) mass is 583 g/mol. The number of hydrogen-bond donors (Lipinski definition) is 3. The fraction of sp³-hybridized carbons (Fsp3) is 0.133. The summed E-state index contributed by atoms with van der Waals surface area (Å²) in [5, 5.41) is 11.0. The molecule has 216 valence electrons. The summed E-state index contributed by atoms with van der Waals surface area (Å²) in [7, 11) is 0. The van der Waals surface area contributed by atoms with Gasteiger partial charge in [-0.2, -0.15) is 0 Å². The van der Waals surface area contributed by atoms with Gasteiger partial charge < -0.3 is 15.7 Å². The third kappa shape index (κ3) is 5.01. The molecule has 0 saturated carbocycles. The first-order valence-electron chi connectivity index (χ1n) is 13.1. The Kier molecular flexibility index (Phi) is 6.76. The number of carboxylic acid groups (broad SMARTS) is 1. The van der Waals surface area contributed by atoms with Gasteiger partial charge >= 0.3 is 6.09 Å². The standard InChI is InChI=1S/C30H23F2N7O4/c31-22-8-4-20(5-9-22)30(21-6-10-23(32)11-7-21)26(41)39(27(33)37-30)14-17-2-1-3-18(12-17)25(40)38-15-19-13-34-28(36-29(42)43)35-24(19)16-38/h1-13H,14-16H2,(H2,33,37)(H,42,43)(H,34,35,36). The Bertz CT molecular complexity index is 1750. The van der Waals surface area contributed by atoms with Crippen LogP contribution in [0.25, 0.3) is 0 Å². The van der Waals surface area contributed by atoms with Gasteiger partial charge in [-0.3, -0.25) is 19.8 Å². The normalized spacial score (nSPS) is 15.3. The number of guanidine groups is 1. The van der Waals surface area contributed by atoms with E-state index < -0.39 is 29.2 Å². The van der Waals surface area contributed by atoms with Crippen LogP contribution in [0.3, 0.4) is 0 Å². The number of carbonyl (C=O) groups excluding carboxylic acids is 2. The molecule has 3 amide bonds. The lowest BCUT2D eigenvalue weighted by atomic mass is 9.82. The molecule has 0 atom stereocenters. The van der Waals surface area contributed by atoms with E-state index in [0.717, 1.165) is 0 Å². The van der Waals surface area contributed by atoms with Crippen LogP contribution in [0.5, 0.6) is 0 Å². The number of nitrogens with zero attached hydrogens (tertiary/aromatic N) is 5. The van der Waals surface area contributed by atoms with Crippen LogP contribution in [0, 0.1) is 11.6 Å². The highest BCUT2D eigenvalue weighted by atomic mass is 19.1. The lowest BCUT2D eigenvalue weighted by Crippen LogP contribution is -2.43. The average molecular weight is 584 g/mol. The number of nitrogens with two attached hydrogens (primary N) is 1. The zero-order chi connectivity index (χ0) is 30.3. The minimum Gasteiger partial charge on any atom is -0.465 e. The van der Waals surface area contributed by atoms with Gasteiger partial charge in [-0.15, -0.1) is 0 Å². The van der Waals surface area contributed by atoms with Gasteiger partial charge in [-0.1, -0.05) is 36.4 Å². The summed E-state index contributed by atoms with van der Waals surface area (Å²) in [5.41, 5.74) is 7.54. The summed E-state index contributed by atoms with van der Waals surface area (Å²) in [6.07, 6.45) is 0.185. The molecule has 11 nitrogen and oxygen atoms in total. The zero-order valence-corrected chi connectivity index (χ0v) is 22.4. The zero-order valence-electron chi connectivity index (χ0n) is 22.4. The topological polar surface area (TPSA) is 154 Å². The van der Waals surface area contributed by atoms with Crippen LogP contribution in [-0.2, 0) is 30.0 Å². The van der Waals surface area contributed by atoms with E-state index in [4.69, 9.17) is 10.8 Å². The van der Waals surface area contributed by atoms with Gasteiger partial charge in [0.25, 0.3) is 11.8 Å². The van der Waals surface area contributed by atoms with Crippen LogP contribution in [-0.4, -0.2) is 48.7 Å². The highest BCUT2D eigenvalue weighted by molar-refractivity contribution is 6.09. The number of benzene rings is 3. The number of aromatic nitrogens is 2. The van der Waals surface area contributed by atoms with Crippen LogP contribution in [0.4, 0.5) is 19.5 Å². The van der Waals surface area contributed by atoms with Gasteiger partial charge in [0.15, 0.2) is 11.5 Å². The molecule has 3 heterocycles. The predicted octanol–water partition coefficient (Wildman–Crippen LogP) is 3.60. The van der Waals surface area contributed by atoms with Gasteiger partial charge in [0.1, 0.15) is 11.6 Å². The van der Waals surface area contributed by atoms with Crippen LogP contribution >= 0.6 is 0 Å². The second-order valence-corrected chi connectivity index (χ2v) is 10.0. The van der Waals surface area contributed by atoms with E-state index in [1.807, 2.05) is 0 Å². The van der Waals surface area contributed by atoms with Crippen LogP contribution < -0.4 is 11.1 Å². The van der Waals surface area contributed by atoms with E-state index >= 15 is 0 Å². The Morgan fingerprint density at radius 1 is 0.977 bits per heavy atom. The molecule has 0 spiro atoms. The molecule has 2 aliphatic rings. The van der Waals surface area contributed by atoms with E-state index in [-0.39, 0.29) is 37.4 Å². The molecule has 1 aromatic heterocycles. The predicted molar refractivity (Wildman–Crippen MR) is 149 cm³/mol. The Morgan fingerprint density at radius 3 is 2.26 bits per heavy atom. The summed E-state index contributed by atoms with van der Waals surface area (Å²) >= 11 is 0. The summed E-state index contributed by atoms with van der Waals surface area (Å²) < 4.78 is 27.6. The molecule has 0 radical (unpaired) electrons. The highest BCUT2D eigenvalue weighted by Gasteiger charge is 2.50. The summed E-state index contributed by atoms with van der Waals surface area (Å²) in [4.78, 5) is 53.9. The van der Waals surface area contributed by atoms with Crippen molar-refractivity contribution in [3.05, 3.63) is 124 Å². The van der Waals surface area contributed by atoms with E-state index in [1.165, 1.54) is 59.6 Å². The number of rotatable bonds is 6. The molecule has 0 bridgehead atoms. The van der Waals surface area contributed by atoms with Crippen LogP contribution in [0.15, 0.2) is 84.0 Å². The molecular weight excluding hydrogens is 560 g/mol. The lowest BCUT2D eigenvalue weighted by Gasteiger charge is -2.27. The number of fused-ring (bicyclic) bond motifs is 1. The number of amides is 3. The van der Waals surface area contributed by atoms with Crippen molar-refractivity contribution in [2.24, 2.45) is 10.7 Å². The quantitative estimate of drug-likeness (QED) is 0.313. The fourth-order valence-electron chi connectivity index (χ4n) is 5.28. The smallest absolute Gasteiger partial charge is 0.411 e. The Morgan fingerprint density at radius 2 is 1.63 bits per heavy atom. The van der Waals surface area contributed by atoms with Gasteiger partial charge in [0.05, 0.1) is 18.8 Å². The average Bonchev–Trinajstić information content (AvgIpc) is 3.52. The number of hydrogen-bond acceptors (Lipinski definition) is 7. The molecule has 4 N–H and O–H groups in total. The third-order valence-electron chi connectivity index (χ3n) is 7.31. The van der Waals surface area contributed by atoms with Crippen molar-refractivity contribution >= 4 is 29.8 Å². The van der Waals surface area contributed by atoms with Crippen LogP contribution in [0.2, 0.25) is 0 Å².